The van der Waals surface area contributed by atoms with Gasteiger partial charge in [0, 0.05) is 25.4 Å². The van der Waals surface area contributed by atoms with Crippen molar-refractivity contribution in [3.8, 4) is 0 Å². The molecule has 0 aromatic carbocycles. The van der Waals surface area contributed by atoms with Crippen molar-refractivity contribution >= 4 is 11.8 Å². The van der Waals surface area contributed by atoms with E-state index in [0.717, 1.165) is 24.2 Å². The largest absolute Gasteiger partial charge is 0.456 e. The molecule has 1 aliphatic rings. The summed E-state index contributed by atoms with van der Waals surface area (Å²) in [6.45, 7) is 5.20. The van der Waals surface area contributed by atoms with Gasteiger partial charge in [-0.1, -0.05) is 13.8 Å². The second-order valence-corrected chi connectivity index (χ2v) is 5.24. The quantitative estimate of drug-likeness (QED) is 0.911. The number of primary amides is 1. The molecule has 5 heteroatoms. The normalized spacial score (nSPS) is 16.4. The molecular formula is C15H22N2O3. The zero-order chi connectivity index (χ0) is 14.7. The van der Waals surface area contributed by atoms with Crippen LogP contribution in [0.25, 0.3) is 0 Å². The summed E-state index contributed by atoms with van der Waals surface area (Å²) >= 11 is 0. The van der Waals surface area contributed by atoms with Crippen LogP contribution in [0, 0.1) is 5.92 Å². The SMILES string of the molecule is CCc1cc(C(=O)N2CCC(C(N)=O)CC2)oc1CC. The molecule has 1 saturated heterocycles. The number of carbonyl (C=O) groups excluding carboxylic acids is 2. The van der Waals surface area contributed by atoms with Gasteiger partial charge in [0.2, 0.25) is 5.91 Å². The molecule has 2 N–H and O–H groups in total. The predicted molar refractivity (Wildman–Crippen MR) is 75.3 cm³/mol. The van der Waals surface area contributed by atoms with Crippen LogP contribution in [0.4, 0.5) is 0 Å². The highest BCUT2D eigenvalue weighted by molar-refractivity contribution is 5.92. The Kier molecular flexibility index (Phi) is 4.47. The Bertz CT molecular complexity index is 478. The lowest BCUT2D eigenvalue weighted by atomic mass is 9.96. The van der Waals surface area contributed by atoms with Crippen LogP contribution in [0.1, 0.15) is 48.6 Å². The monoisotopic (exact) mass is 278 g/mol. The molecule has 2 rings (SSSR count). The van der Waals surface area contributed by atoms with Gasteiger partial charge in [0.05, 0.1) is 0 Å². The van der Waals surface area contributed by atoms with Crippen LogP contribution in [-0.4, -0.2) is 29.8 Å². The van der Waals surface area contributed by atoms with E-state index in [1.54, 1.807) is 4.90 Å². The molecule has 0 atom stereocenters. The highest BCUT2D eigenvalue weighted by atomic mass is 16.4. The van der Waals surface area contributed by atoms with Gasteiger partial charge in [0.1, 0.15) is 5.76 Å². The van der Waals surface area contributed by atoms with Crippen molar-refractivity contribution in [3.05, 3.63) is 23.2 Å². The minimum Gasteiger partial charge on any atom is -0.456 e. The number of rotatable bonds is 4. The summed E-state index contributed by atoms with van der Waals surface area (Å²) in [5, 5.41) is 0. The Balaban J connectivity index is 2.05. The number of piperidine rings is 1. The van der Waals surface area contributed by atoms with E-state index in [0.29, 0.717) is 31.7 Å². The number of furan rings is 1. The van der Waals surface area contributed by atoms with Crippen LogP contribution in [0.3, 0.4) is 0 Å². The number of nitrogens with zero attached hydrogens (tertiary/aromatic N) is 1. The molecule has 5 nitrogen and oxygen atoms in total. The van der Waals surface area contributed by atoms with Crippen LogP contribution < -0.4 is 5.73 Å². The van der Waals surface area contributed by atoms with E-state index in [4.69, 9.17) is 10.2 Å². The van der Waals surface area contributed by atoms with Gasteiger partial charge in [-0.25, -0.2) is 0 Å². The number of amides is 2. The smallest absolute Gasteiger partial charge is 0.289 e. The van der Waals surface area contributed by atoms with Gasteiger partial charge >= 0.3 is 0 Å². The number of likely N-dealkylation sites (tertiary alicyclic amines) is 1. The standard InChI is InChI=1S/C15H22N2O3/c1-3-10-9-13(20-12(10)4-2)15(19)17-7-5-11(6-8-17)14(16)18/h9,11H,3-8H2,1-2H3,(H2,16,18). The Morgan fingerprint density at radius 3 is 2.40 bits per heavy atom. The van der Waals surface area contributed by atoms with E-state index in [1.807, 2.05) is 13.0 Å². The lowest BCUT2D eigenvalue weighted by Crippen LogP contribution is -2.41. The summed E-state index contributed by atoms with van der Waals surface area (Å²) in [5.74, 6) is 0.853. The van der Waals surface area contributed by atoms with Gasteiger partial charge in [-0.2, -0.15) is 0 Å². The number of nitrogens with two attached hydrogens (primary N) is 1. The Morgan fingerprint density at radius 2 is 1.95 bits per heavy atom. The first kappa shape index (κ1) is 14.6. The molecule has 20 heavy (non-hydrogen) atoms. The van der Waals surface area contributed by atoms with Crippen molar-refractivity contribution in [3.63, 3.8) is 0 Å². The van der Waals surface area contributed by atoms with E-state index in [1.165, 1.54) is 0 Å². The number of carbonyl (C=O) groups is 2. The van der Waals surface area contributed by atoms with Crippen LogP contribution >= 0.6 is 0 Å². The third kappa shape index (κ3) is 2.86. The van der Waals surface area contributed by atoms with Gasteiger partial charge in [-0.15, -0.1) is 0 Å². The molecule has 2 heterocycles. The van der Waals surface area contributed by atoms with Crippen molar-refractivity contribution in [2.24, 2.45) is 11.7 Å². The molecule has 1 aromatic rings. The maximum Gasteiger partial charge on any atom is 0.289 e. The lowest BCUT2D eigenvalue weighted by molar-refractivity contribution is -0.123. The molecule has 1 aromatic heterocycles. The highest BCUT2D eigenvalue weighted by Gasteiger charge is 2.28. The molecule has 110 valence electrons. The van der Waals surface area contributed by atoms with Crippen LogP contribution in [-0.2, 0) is 17.6 Å². The number of hydrogen-bond donors (Lipinski definition) is 1. The van der Waals surface area contributed by atoms with Crippen molar-refractivity contribution in [2.75, 3.05) is 13.1 Å². The lowest BCUT2D eigenvalue weighted by Gasteiger charge is -2.29. The first-order valence-corrected chi connectivity index (χ1v) is 7.27. The van der Waals surface area contributed by atoms with Gasteiger partial charge in [0.25, 0.3) is 5.91 Å². The van der Waals surface area contributed by atoms with Crippen LogP contribution in [0.15, 0.2) is 10.5 Å². The fourth-order valence-electron chi connectivity index (χ4n) is 2.69. The fourth-order valence-corrected chi connectivity index (χ4v) is 2.69. The molecule has 0 bridgehead atoms. The topological polar surface area (TPSA) is 76.5 Å². The fraction of sp³-hybridized carbons (Fsp3) is 0.600. The maximum atomic E-state index is 12.4. The minimum absolute atomic E-state index is 0.0812. The third-order valence-corrected chi connectivity index (χ3v) is 3.99. The summed E-state index contributed by atoms with van der Waals surface area (Å²) in [4.78, 5) is 25.3. The molecule has 0 spiro atoms. The first-order chi connectivity index (χ1) is 9.56. The molecular weight excluding hydrogens is 256 g/mol. The van der Waals surface area contributed by atoms with Crippen LogP contribution in [0.5, 0.6) is 0 Å². The average Bonchev–Trinajstić information content (AvgIpc) is 2.89. The highest BCUT2D eigenvalue weighted by Crippen LogP contribution is 2.22. The van der Waals surface area contributed by atoms with Crippen molar-refractivity contribution in [1.82, 2.24) is 4.90 Å². The summed E-state index contributed by atoms with van der Waals surface area (Å²) in [7, 11) is 0. The van der Waals surface area contributed by atoms with Crippen molar-refractivity contribution < 1.29 is 14.0 Å². The van der Waals surface area contributed by atoms with E-state index >= 15 is 0 Å². The van der Waals surface area contributed by atoms with E-state index in [-0.39, 0.29) is 17.7 Å². The third-order valence-electron chi connectivity index (χ3n) is 3.99. The van der Waals surface area contributed by atoms with E-state index < -0.39 is 0 Å². The van der Waals surface area contributed by atoms with Crippen molar-refractivity contribution in [1.29, 1.82) is 0 Å². The maximum absolute atomic E-state index is 12.4. The first-order valence-electron chi connectivity index (χ1n) is 7.27. The number of aryl methyl sites for hydroxylation is 2. The summed E-state index contributed by atoms with van der Waals surface area (Å²) in [6.07, 6.45) is 2.94. The van der Waals surface area contributed by atoms with Gasteiger partial charge in [-0.05, 0) is 30.9 Å². The molecule has 0 unspecified atom stereocenters. The number of hydrogen-bond acceptors (Lipinski definition) is 3. The second kappa shape index (κ2) is 6.11. The summed E-state index contributed by atoms with van der Waals surface area (Å²) < 4.78 is 5.66. The molecule has 1 aliphatic heterocycles. The van der Waals surface area contributed by atoms with Gasteiger partial charge in [-0.3, -0.25) is 9.59 Å². The van der Waals surface area contributed by atoms with E-state index in [2.05, 4.69) is 6.92 Å². The van der Waals surface area contributed by atoms with Gasteiger partial charge in [0.15, 0.2) is 5.76 Å². The molecule has 0 saturated carbocycles. The molecule has 2 amide bonds. The second-order valence-electron chi connectivity index (χ2n) is 5.24. The Hall–Kier alpha value is -1.78. The summed E-state index contributed by atoms with van der Waals surface area (Å²) in [6, 6.07) is 1.85. The molecule has 0 aliphatic carbocycles. The Labute approximate surface area is 119 Å². The zero-order valence-corrected chi connectivity index (χ0v) is 12.1. The summed E-state index contributed by atoms with van der Waals surface area (Å²) in [5.41, 5.74) is 6.40. The Morgan fingerprint density at radius 1 is 1.30 bits per heavy atom. The predicted octanol–water partition coefficient (Wildman–Crippen LogP) is 1.74. The zero-order valence-electron chi connectivity index (χ0n) is 12.1. The van der Waals surface area contributed by atoms with E-state index in [9.17, 15) is 9.59 Å². The molecule has 0 radical (unpaired) electrons. The van der Waals surface area contributed by atoms with Crippen molar-refractivity contribution in [2.45, 2.75) is 39.5 Å². The molecule has 1 fully saturated rings. The minimum atomic E-state index is -0.267. The average molecular weight is 278 g/mol. The van der Waals surface area contributed by atoms with Gasteiger partial charge < -0.3 is 15.1 Å². The van der Waals surface area contributed by atoms with Crippen LogP contribution in [0.2, 0.25) is 0 Å².